The van der Waals surface area contributed by atoms with Crippen LogP contribution >= 0.6 is 0 Å². The molecule has 0 atom stereocenters. The summed E-state index contributed by atoms with van der Waals surface area (Å²) >= 11 is 0. The average Bonchev–Trinajstić information content (AvgIpc) is 2.71. The lowest BCUT2D eigenvalue weighted by atomic mass is 9.81. The van der Waals surface area contributed by atoms with Crippen molar-refractivity contribution in [2.24, 2.45) is 0 Å². The highest BCUT2D eigenvalue weighted by atomic mass is 14.7. The van der Waals surface area contributed by atoms with Crippen molar-refractivity contribution in [1.29, 1.82) is 0 Å². The van der Waals surface area contributed by atoms with Crippen LogP contribution in [0.3, 0.4) is 0 Å². The van der Waals surface area contributed by atoms with Crippen molar-refractivity contribution in [3.63, 3.8) is 0 Å². The Balaban J connectivity index is 2.10. The van der Waals surface area contributed by atoms with Gasteiger partial charge in [0.25, 0.3) is 0 Å². The molecule has 0 radical (unpaired) electrons. The van der Waals surface area contributed by atoms with Crippen LogP contribution in [0.4, 0.5) is 17.1 Å². The minimum atomic E-state index is -0.0230. The van der Waals surface area contributed by atoms with Gasteiger partial charge in [0.15, 0.2) is 0 Å². The summed E-state index contributed by atoms with van der Waals surface area (Å²) in [6, 6.07) is 28.8. The molecule has 0 aliphatic carbocycles. The topological polar surface area (TPSA) is 78.1 Å². The van der Waals surface area contributed by atoms with Gasteiger partial charge in [-0.25, -0.2) is 0 Å². The van der Waals surface area contributed by atoms with E-state index in [0.717, 1.165) is 16.3 Å². The lowest BCUT2D eigenvalue weighted by Crippen LogP contribution is -2.11. The lowest BCUT2D eigenvalue weighted by Gasteiger charge is -2.24. The zero-order valence-electron chi connectivity index (χ0n) is 14.4. The number of anilines is 3. The maximum Gasteiger partial charge on any atom is 0.0791 e. The second kappa shape index (κ2) is 6.45. The summed E-state index contributed by atoms with van der Waals surface area (Å²) in [6.45, 7) is 0. The molecule has 0 unspecified atom stereocenters. The molecule has 3 heteroatoms. The first-order chi connectivity index (χ1) is 12.7. The van der Waals surface area contributed by atoms with Gasteiger partial charge in [0.2, 0.25) is 0 Å². The molecule has 4 aromatic carbocycles. The molecule has 0 heterocycles. The number of nitrogen functional groups attached to an aromatic ring is 3. The van der Waals surface area contributed by atoms with Crippen LogP contribution in [0.25, 0.3) is 10.8 Å². The van der Waals surface area contributed by atoms with E-state index in [9.17, 15) is 0 Å². The molecule has 0 aliphatic heterocycles. The molecule has 4 rings (SSSR count). The minimum absolute atomic E-state index is 0.0230. The van der Waals surface area contributed by atoms with Crippen molar-refractivity contribution in [3.8, 4) is 0 Å². The van der Waals surface area contributed by atoms with Crippen LogP contribution in [0.2, 0.25) is 0 Å². The predicted molar refractivity (Wildman–Crippen MR) is 111 cm³/mol. The number of nitrogens with two attached hydrogens (primary N) is 3. The number of benzene rings is 4. The van der Waals surface area contributed by atoms with Gasteiger partial charge in [-0.3, -0.25) is 0 Å². The first-order valence-electron chi connectivity index (χ1n) is 8.63. The molecule has 4 aromatic rings. The van der Waals surface area contributed by atoms with Crippen LogP contribution in [-0.2, 0) is 0 Å². The van der Waals surface area contributed by atoms with Crippen LogP contribution in [0.1, 0.15) is 22.6 Å². The first kappa shape index (κ1) is 16.0. The van der Waals surface area contributed by atoms with E-state index in [1.54, 1.807) is 0 Å². The molecule has 0 spiro atoms. The van der Waals surface area contributed by atoms with E-state index in [4.69, 9.17) is 17.2 Å². The van der Waals surface area contributed by atoms with Gasteiger partial charge >= 0.3 is 0 Å². The Labute approximate surface area is 153 Å². The number of rotatable bonds is 3. The van der Waals surface area contributed by atoms with E-state index in [1.807, 2.05) is 54.6 Å². The summed E-state index contributed by atoms with van der Waals surface area (Å²) in [4.78, 5) is 0. The molecule has 3 nitrogen and oxygen atoms in total. The van der Waals surface area contributed by atoms with Crippen molar-refractivity contribution in [3.05, 3.63) is 102 Å². The Hall–Kier alpha value is -3.46. The SMILES string of the molecule is Nc1c(N)c(C(c2ccccc2)c2ccccc2)c2ccccc2c1N. The van der Waals surface area contributed by atoms with E-state index in [0.29, 0.717) is 17.1 Å². The van der Waals surface area contributed by atoms with Gasteiger partial charge in [0.1, 0.15) is 0 Å². The van der Waals surface area contributed by atoms with Gasteiger partial charge in [-0.1, -0.05) is 84.9 Å². The van der Waals surface area contributed by atoms with Crippen LogP contribution in [0, 0.1) is 0 Å². The average molecular weight is 339 g/mol. The van der Waals surface area contributed by atoms with E-state index in [2.05, 4.69) is 30.3 Å². The van der Waals surface area contributed by atoms with Crippen molar-refractivity contribution >= 4 is 27.8 Å². The maximum atomic E-state index is 6.52. The molecule has 0 amide bonds. The minimum Gasteiger partial charge on any atom is -0.397 e. The largest absolute Gasteiger partial charge is 0.397 e. The normalized spacial score (nSPS) is 11.1. The monoisotopic (exact) mass is 339 g/mol. The fourth-order valence-electron chi connectivity index (χ4n) is 3.66. The van der Waals surface area contributed by atoms with Crippen LogP contribution in [0.15, 0.2) is 84.9 Å². The molecule has 0 saturated heterocycles. The van der Waals surface area contributed by atoms with Crippen LogP contribution in [0.5, 0.6) is 0 Å². The van der Waals surface area contributed by atoms with E-state index in [1.165, 1.54) is 11.1 Å². The molecule has 128 valence electrons. The van der Waals surface area contributed by atoms with Crippen molar-refractivity contribution in [1.82, 2.24) is 0 Å². The van der Waals surface area contributed by atoms with E-state index in [-0.39, 0.29) is 5.92 Å². The van der Waals surface area contributed by atoms with Gasteiger partial charge in [-0.15, -0.1) is 0 Å². The van der Waals surface area contributed by atoms with Gasteiger partial charge in [-0.05, 0) is 22.1 Å². The Kier molecular flexibility index (Phi) is 3.98. The molecular formula is C23H21N3. The lowest BCUT2D eigenvalue weighted by molar-refractivity contribution is 0.993. The van der Waals surface area contributed by atoms with Crippen molar-refractivity contribution < 1.29 is 0 Å². The van der Waals surface area contributed by atoms with Crippen molar-refractivity contribution in [2.75, 3.05) is 17.2 Å². The summed E-state index contributed by atoms with van der Waals surface area (Å²) in [6.07, 6.45) is 0. The predicted octanol–water partition coefficient (Wildman–Crippen LogP) is 4.77. The number of hydrogen-bond acceptors (Lipinski definition) is 3. The number of hydrogen-bond donors (Lipinski definition) is 3. The third kappa shape index (κ3) is 2.54. The van der Waals surface area contributed by atoms with Crippen LogP contribution in [-0.4, -0.2) is 0 Å². The Morgan fingerprint density at radius 3 is 1.46 bits per heavy atom. The number of fused-ring (bicyclic) bond motifs is 1. The molecule has 26 heavy (non-hydrogen) atoms. The second-order valence-electron chi connectivity index (χ2n) is 6.45. The van der Waals surface area contributed by atoms with E-state index < -0.39 is 0 Å². The zero-order valence-corrected chi connectivity index (χ0v) is 14.4. The van der Waals surface area contributed by atoms with Gasteiger partial charge in [0.05, 0.1) is 17.1 Å². The standard InChI is InChI=1S/C23H21N3/c24-21-18-14-8-7-13-17(18)20(22(25)23(21)26)19(15-9-3-1-4-10-15)16-11-5-2-6-12-16/h1-14,19H,24-26H2. The zero-order chi connectivity index (χ0) is 18.1. The smallest absolute Gasteiger partial charge is 0.0791 e. The molecule has 0 aromatic heterocycles. The Bertz CT molecular complexity index is 1020. The van der Waals surface area contributed by atoms with Gasteiger partial charge < -0.3 is 17.2 Å². The molecular weight excluding hydrogens is 318 g/mol. The highest BCUT2D eigenvalue weighted by molar-refractivity contribution is 6.06. The van der Waals surface area contributed by atoms with Crippen molar-refractivity contribution in [2.45, 2.75) is 5.92 Å². The van der Waals surface area contributed by atoms with Gasteiger partial charge in [0, 0.05) is 11.3 Å². The van der Waals surface area contributed by atoms with Crippen LogP contribution < -0.4 is 17.2 Å². The Morgan fingerprint density at radius 1 is 0.462 bits per heavy atom. The third-order valence-corrected chi connectivity index (χ3v) is 4.93. The fourth-order valence-corrected chi connectivity index (χ4v) is 3.66. The second-order valence-corrected chi connectivity index (χ2v) is 6.45. The highest BCUT2D eigenvalue weighted by Crippen LogP contribution is 2.44. The fraction of sp³-hybridized carbons (Fsp3) is 0.0435. The van der Waals surface area contributed by atoms with E-state index >= 15 is 0 Å². The highest BCUT2D eigenvalue weighted by Gasteiger charge is 2.24. The molecule has 0 aliphatic rings. The molecule has 6 N–H and O–H groups in total. The molecule has 0 bridgehead atoms. The maximum absolute atomic E-state index is 6.52. The first-order valence-corrected chi connectivity index (χ1v) is 8.63. The summed E-state index contributed by atoms with van der Waals surface area (Å²) < 4.78 is 0. The summed E-state index contributed by atoms with van der Waals surface area (Å²) in [5.41, 5.74) is 24.0. The van der Waals surface area contributed by atoms with Gasteiger partial charge in [-0.2, -0.15) is 0 Å². The molecule has 0 fully saturated rings. The quantitative estimate of drug-likeness (QED) is 0.372. The Morgan fingerprint density at radius 2 is 0.923 bits per heavy atom. The third-order valence-electron chi connectivity index (χ3n) is 4.93. The molecule has 0 saturated carbocycles. The summed E-state index contributed by atoms with van der Waals surface area (Å²) in [7, 11) is 0. The summed E-state index contributed by atoms with van der Waals surface area (Å²) in [5.74, 6) is -0.0230. The summed E-state index contributed by atoms with van der Waals surface area (Å²) in [5, 5.41) is 1.97.